The molecule has 1 aromatic rings. The van der Waals surface area contributed by atoms with Gasteiger partial charge in [-0.15, -0.1) is 0 Å². The van der Waals surface area contributed by atoms with E-state index in [0.29, 0.717) is 36.4 Å². The number of rotatable bonds is 6. The number of nitrogens with zero attached hydrogens (tertiary/aromatic N) is 3. The molecular weight excluding hydrogens is 370 g/mol. The number of nitrogens with one attached hydrogen (secondary N) is 2. The van der Waals surface area contributed by atoms with Crippen LogP contribution in [0.4, 0.5) is 0 Å². The lowest BCUT2D eigenvalue weighted by Gasteiger charge is -2.22. The SMILES string of the molecule is CCN(CC)C(=S)NC(=O)c1cccc(C(=O)NC(=S)N(CC)CC)n1. The van der Waals surface area contributed by atoms with Gasteiger partial charge < -0.3 is 9.80 Å². The average molecular weight is 396 g/mol. The largest absolute Gasteiger partial charge is 0.350 e. The van der Waals surface area contributed by atoms with E-state index in [1.165, 1.54) is 12.1 Å². The molecule has 0 unspecified atom stereocenters. The Hall–Kier alpha value is -2.13. The molecule has 0 aromatic carbocycles. The lowest BCUT2D eigenvalue weighted by molar-refractivity contribution is 0.0965. The van der Waals surface area contributed by atoms with E-state index >= 15 is 0 Å². The summed E-state index contributed by atoms with van der Waals surface area (Å²) < 4.78 is 0. The normalized spacial score (nSPS) is 10.0. The molecule has 0 saturated carbocycles. The molecular formula is C17H25N5O2S2. The van der Waals surface area contributed by atoms with Crippen molar-refractivity contribution in [3.05, 3.63) is 29.6 Å². The van der Waals surface area contributed by atoms with Crippen LogP contribution in [-0.4, -0.2) is 63.0 Å². The van der Waals surface area contributed by atoms with E-state index in [2.05, 4.69) is 15.6 Å². The number of hydrogen-bond acceptors (Lipinski definition) is 5. The highest BCUT2D eigenvalue weighted by atomic mass is 32.1. The van der Waals surface area contributed by atoms with E-state index in [1.807, 2.05) is 37.5 Å². The van der Waals surface area contributed by atoms with Crippen molar-refractivity contribution in [1.29, 1.82) is 0 Å². The minimum atomic E-state index is -0.456. The topological polar surface area (TPSA) is 77.6 Å². The molecule has 1 heterocycles. The minimum absolute atomic E-state index is 0.112. The van der Waals surface area contributed by atoms with E-state index < -0.39 is 11.8 Å². The lowest BCUT2D eigenvalue weighted by Crippen LogP contribution is -2.43. The van der Waals surface area contributed by atoms with Gasteiger partial charge in [-0.2, -0.15) is 0 Å². The van der Waals surface area contributed by atoms with Crippen LogP contribution in [0.15, 0.2) is 18.2 Å². The smallest absolute Gasteiger partial charge is 0.276 e. The Morgan fingerprint density at radius 3 is 1.50 bits per heavy atom. The van der Waals surface area contributed by atoms with Crippen molar-refractivity contribution < 1.29 is 9.59 Å². The van der Waals surface area contributed by atoms with Gasteiger partial charge in [-0.1, -0.05) is 6.07 Å². The van der Waals surface area contributed by atoms with Gasteiger partial charge in [0.2, 0.25) is 0 Å². The molecule has 0 aliphatic carbocycles. The van der Waals surface area contributed by atoms with Crippen LogP contribution in [0.3, 0.4) is 0 Å². The maximum absolute atomic E-state index is 12.3. The first-order chi connectivity index (χ1) is 12.4. The van der Waals surface area contributed by atoms with Crippen molar-refractivity contribution in [2.75, 3.05) is 26.2 Å². The van der Waals surface area contributed by atoms with Crippen molar-refractivity contribution >= 4 is 46.5 Å². The van der Waals surface area contributed by atoms with Gasteiger partial charge in [0.25, 0.3) is 11.8 Å². The highest BCUT2D eigenvalue weighted by Crippen LogP contribution is 2.02. The van der Waals surface area contributed by atoms with E-state index in [9.17, 15) is 9.59 Å². The molecule has 2 N–H and O–H groups in total. The zero-order valence-corrected chi connectivity index (χ0v) is 17.2. The fraction of sp³-hybridized carbons (Fsp3) is 0.471. The van der Waals surface area contributed by atoms with Gasteiger partial charge in [0, 0.05) is 26.2 Å². The number of aromatic nitrogens is 1. The van der Waals surface area contributed by atoms with E-state index in [1.54, 1.807) is 6.07 Å². The molecule has 7 nitrogen and oxygen atoms in total. The summed E-state index contributed by atoms with van der Waals surface area (Å²) in [6.45, 7) is 10.5. The molecule has 0 saturated heterocycles. The van der Waals surface area contributed by atoms with Gasteiger partial charge in [0.05, 0.1) is 0 Å². The van der Waals surface area contributed by atoms with Crippen molar-refractivity contribution in [2.24, 2.45) is 0 Å². The van der Waals surface area contributed by atoms with Crippen molar-refractivity contribution in [2.45, 2.75) is 27.7 Å². The highest BCUT2D eigenvalue weighted by molar-refractivity contribution is 7.80. The van der Waals surface area contributed by atoms with Crippen LogP contribution in [0.1, 0.15) is 48.7 Å². The van der Waals surface area contributed by atoms with Gasteiger partial charge in [-0.3, -0.25) is 20.2 Å². The van der Waals surface area contributed by atoms with Crippen molar-refractivity contribution in [1.82, 2.24) is 25.4 Å². The van der Waals surface area contributed by atoms with Crippen LogP contribution in [0, 0.1) is 0 Å². The second-order valence-corrected chi connectivity index (χ2v) is 6.04. The molecule has 0 radical (unpaired) electrons. The molecule has 142 valence electrons. The van der Waals surface area contributed by atoms with E-state index in [0.717, 1.165) is 0 Å². The quantitative estimate of drug-likeness (QED) is 0.711. The molecule has 1 aromatic heterocycles. The Balaban J connectivity index is 2.84. The molecule has 0 aliphatic rings. The van der Waals surface area contributed by atoms with Gasteiger partial charge in [0.1, 0.15) is 11.4 Å². The Bertz CT molecular complexity index is 620. The first-order valence-corrected chi connectivity index (χ1v) is 9.36. The van der Waals surface area contributed by atoms with E-state index in [4.69, 9.17) is 24.4 Å². The number of amides is 2. The molecule has 0 aliphatic heterocycles. The summed E-state index contributed by atoms with van der Waals surface area (Å²) in [5, 5.41) is 5.93. The second-order valence-electron chi connectivity index (χ2n) is 5.27. The van der Waals surface area contributed by atoms with Crippen LogP contribution in [0.2, 0.25) is 0 Å². The third kappa shape index (κ3) is 5.99. The molecule has 0 fully saturated rings. The highest BCUT2D eigenvalue weighted by Gasteiger charge is 2.17. The second kappa shape index (κ2) is 10.8. The first-order valence-electron chi connectivity index (χ1n) is 8.55. The summed E-state index contributed by atoms with van der Waals surface area (Å²) in [5.41, 5.74) is 0.224. The lowest BCUT2D eigenvalue weighted by atomic mass is 10.2. The predicted octanol–water partition coefficient (Wildman–Crippen LogP) is 1.79. The number of hydrogen-bond donors (Lipinski definition) is 2. The summed E-state index contributed by atoms with van der Waals surface area (Å²) >= 11 is 10.4. The van der Waals surface area contributed by atoms with Gasteiger partial charge >= 0.3 is 0 Å². The number of pyridine rings is 1. The third-order valence-corrected chi connectivity index (χ3v) is 4.48. The van der Waals surface area contributed by atoms with Crippen molar-refractivity contribution in [3.8, 4) is 0 Å². The fourth-order valence-corrected chi connectivity index (χ4v) is 2.89. The van der Waals surface area contributed by atoms with Crippen LogP contribution in [0.5, 0.6) is 0 Å². The molecule has 0 bridgehead atoms. The van der Waals surface area contributed by atoms with Crippen molar-refractivity contribution in [3.63, 3.8) is 0 Å². The Kier molecular flexibility index (Phi) is 9.08. The minimum Gasteiger partial charge on any atom is -0.350 e. The summed E-state index contributed by atoms with van der Waals surface area (Å²) in [7, 11) is 0. The number of thiocarbonyl (C=S) groups is 2. The van der Waals surface area contributed by atoms with Gasteiger partial charge in [0.15, 0.2) is 10.2 Å². The number of carbonyl (C=O) groups excluding carboxylic acids is 2. The first kappa shape index (κ1) is 21.9. The summed E-state index contributed by atoms with van der Waals surface area (Å²) in [5.74, 6) is -0.911. The van der Waals surface area contributed by atoms with Crippen LogP contribution >= 0.6 is 24.4 Å². The molecule has 9 heteroatoms. The molecule has 0 spiro atoms. The Labute approximate surface area is 165 Å². The monoisotopic (exact) mass is 395 g/mol. The Morgan fingerprint density at radius 1 is 0.846 bits per heavy atom. The molecule has 0 atom stereocenters. The maximum atomic E-state index is 12.3. The Morgan fingerprint density at radius 2 is 1.19 bits per heavy atom. The van der Waals surface area contributed by atoms with Crippen LogP contribution in [0.25, 0.3) is 0 Å². The summed E-state index contributed by atoms with van der Waals surface area (Å²) in [6, 6.07) is 4.65. The zero-order chi connectivity index (χ0) is 19.7. The van der Waals surface area contributed by atoms with E-state index in [-0.39, 0.29) is 11.4 Å². The van der Waals surface area contributed by atoms with Crippen LogP contribution < -0.4 is 10.6 Å². The molecule has 26 heavy (non-hydrogen) atoms. The average Bonchev–Trinajstić information content (AvgIpc) is 2.63. The molecule has 2 amide bonds. The zero-order valence-electron chi connectivity index (χ0n) is 15.5. The standard InChI is InChI=1S/C17H25N5O2S2/c1-5-21(6-2)16(25)19-14(23)12-10-9-11-13(18-12)15(24)20-17(26)22(7-3)8-4/h9-11H,5-8H2,1-4H3,(H,19,23,25)(H,20,24,26). The fourth-order valence-electron chi connectivity index (χ4n) is 2.19. The number of carbonyl (C=O) groups is 2. The maximum Gasteiger partial charge on any atom is 0.276 e. The summed E-state index contributed by atoms with van der Waals surface area (Å²) in [4.78, 5) is 32.5. The van der Waals surface area contributed by atoms with Gasteiger partial charge in [-0.05, 0) is 64.3 Å². The van der Waals surface area contributed by atoms with Crippen LogP contribution in [-0.2, 0) is 0 Å². The van der Waals surface area contributed by atoms with Gasteiger partial charge in [-0.25, -0.2) is 4.98 Å². The summed E-state index contributed by atoms with van der Waals surface area (Å²) in [6.07, 6.45) is 0. The predicted molar refractivity (Wildman–Crippen MR) is 110 cm³/mol. The molecule has 1 rings (SSSR count). The third-order valence-electron chi connectivity index (χ3n) is 3.76.